The summed E-state index contributed by atoms with van der Waals surface area (Å²) in [7, 11) is 1.31. The maximum atomic E-state index is 13.3. The Kier molecular flexibility index (Phi) is 6.56. The summed E-state index contributed by atoms with van der Waals surface area (Å²) in [5.74, 6) is -0.782. The highest BCUT2D eigenvalue weighted by Gasteiger charge is 2.27. The van der Waals surface area contributed by atoms with Crippen molar-refractivity contribution >= 4 is 34.7 Å². The number of hydrogen-bond donors (Lipinski definition) is 0. The molecular formula is C25H22N2O4S. The molecule has 0 spiro atoms. The number of ketones is 1. The first-order chi connectivity index (χ1) is 15.2. The van der Waals surface area contributed by atoms with Crippen LogP contribution in [-0.4, -0.2) is 23.4 Å². The van der Waals surface area contributed by atoms with E-state index < -0.39 is 11.4 Å². The summed E-state index contributed by atoms with van der Waals surface area (Å²) in [5.41, 5.74) is 0.503. The van der Waals surface area contributed by atoms with Gasteiger partial charge >= 0.3 is 5.97 Å². The van der Waals surface area contributed by atoms with E-state index in [9.17, 15) is 19.6 Å². The third-order valence-corrected chi connectivity index (χ3v) is 5.79. The highest BCUT2D eigenvalue weighted by molar-refractivity contribution is 7.07. The van der Waals surface area contributed by atoms with Crippen LogP contribution in [0.15, 0.2) is 59.4 Å². The number of carbonyl (C=O) groups excluding carboxylic acids is 2. The fourth-order valence-electron chi connectivity index (χ4n) is 3.02. The van der Waals surface area contributed by atoms with Gasteiger partial charge in [0.25, 0.3) is 5.56 Å². The molecule has 0 amide bonds. The normalized spacial score (nSPS) is 12.8. The lowest BCUT2D eigenvalue weighted by atomic mass is 9.87. The zero-order valence-corrected chi connectivity index (χ0v) is 19.0. The third kappa shape index (κ3) is 4.61. The molecule has 32 heavy (non-hydrogen) atoms. The lowest BCUT2D eigenvalue weighted by Crippen LogP contribution is -2.33. The number of nitrogens with zero attached hydrogens (tertiary/aromatic N) is 2. The highest BCUT2D eigenvalue weighted by Crippen LogP contribution is 2.20. The van der Waals surface area contributed by atoms with Gasteiger partial charge in [-0.1, -0.05) is 51.1 Å². The quantitative estimate of drug-likeness (QED) is 0.575. The smallest absolute Gasteiger partial charge is 0.337 e. The number of thiazole rings is 1. The lowest BCUT2D eigenvalue weighted by molar-refractivity contribution is -0.120. The van der Waals surface area contributed by atoms with Crippen LogP contribution in [0.3, 0.4) is 0 Å². The zero-order chi connectivity index (χ0) is 23.5. The van der Waals surface area contributed by atoms with Gasteiger partial charge in [-0.3, -0.25) is 14.2 Å². The van der Waals surface area contributed by atoms with Gasteiger partial charge in [-0.15, -0.1) is 11.3 Å². The minimum Gasteiger partial charge on any atom is -0.465 e. The Morgan fingerprint density at radius 3 is 2.22 bits per heavy atom. The standard InChI is InChI=1S/C25H22N2O4S/c1-25(2,3)21(28)19(15-26)23-27(18-8-6-5-7-9-18)22(29)20(32-23)14-16-10-12-17(13-11-16)24(30)31-4/h5-14H,1-4H3/b20-14-,23-19+. The number of carbonyl (C=O) groups is 2. The van der Waals surface area contributed by atoms with E-state index in [0.717, 1.165) is 11.3 Å². The Hall–Kier alpha value is -3.76. The number of esters is 1. The van der Waals surface area contributed by atoms with E-state index in [2.05, 4.69) is 0 Å². The van der Waals surface area contributed by atoms with Crippen molar-refractivity contribution in [1.82, 2.24) is 4.57 Å². The number of benzene rings is 2. The first-order valence-electron chi connectivity index (χ1n) is 9.84. The first kappa shape index (κ1) is 22.9. The van der Waals surface area contributed by atoms with Gasteiger partial charge in [0, 0.05) is 5.41 Å². The van der Waals surface area contributed by atoms with E-state index >= 15 is 0 Å². The number of Topliss-reactive ketones (excluding diaryl/α,β-unsaturated/α-hetero) is 1. The van der Waals surface area contributed by atoms with Crippen LogP contribution in [-0.2, 0) is 9.53 Å². The molecule has 0 aliphatic carbocycles. The number of aromatic nitrogens is 1. The monoisotopic (exact) mass is 446 g/mol. The van der Waals surface area contributed by atoms with Gasteiger partial charge in [0.2, 0.25) is 0 Å². The molecule has 7 heteroatoms. The lowest BCUT2D eigenvalue weighted by Gasteiger charge is -2.15. The van der Waals surface area contributed by atoms with Crippen LogP contribution >= 0.6 is 11.3 Å². The highest BCUT2D eigenvalue weighted by atomic mass is 32.1. The molecule has 1 aromatic heterocycles. The molecule has 1 heterocycles. The van der Waals surface area contributed by atoms with Crippen molar-refractivity contribution in [3.63, 3.8) is 0 Å². The topological polar surface area (TPSA) is 89.2 Å². The fraction of sp³-hybridized carbons (Fsp3) is 0.200. The van der Waals surface area contributed by atoms with Crippen LogP contribution in [0.5, 0.6) is 0 Å². The first-order valence-corrected chi connectivity index (χ1v) is 10.7. The molecule has 6 nitrogen and oxygen atoms in total. The number of rotatable bonds is 4. The molecule has 0 saturated heterocycles. The minimum absolute atomic E-state index is 0.0517. The molecule has 2 aromatic carbocycles. The Morgan fingerprint density at radius 1 is 1.06 bits per heavy atom. The molecule has 0 bridgehead atoms. The van der Waals surface area contributed by atoms with E-state index in [0.29, 0.717) is 26.0 Å². The minimum atomic E-state index is -0.778. The number of para-hydroxylation sites is 1. The number of ether oxygens (including phenoxy) is 1. The largest absolute Gasteiger partial charge is 0.465 e. The Morgan fingerprint density at radius 2 is 1.69 bits per heavy atom. The van der Waals surface area contributed by atoms with Crippen LogP contribution in [0, 0.1) is 16.7 Å². The van der Waals surface area contributed by atoms with Gasteiger partial charge in [0.15, 0.2) is 5.78 Å². The summed E-state index contributed by atoms with van der Waals surface area (Å²) in [6.45, 7) is 5.21. The van der Waals surface area contributed by atoms with Crippen molar-refractivity contribution in [3.05, 3.63) is 85.3 Å². The molecule has 0 fully saturated rings. The van der Waals surface area contributed by atoms with Crippen LogP contribution in [0.2, 0.25) is 0 Å². The average molecular weight is 447 g/mol. The van der Waals surface area contributed by atoms with Crippen molar-refractivity contribution < 1.29 is 14.3 Å². The molecule has 0 unspecified atom stereocenters. The van der Waals surface area contributed by atoms with Gasteiger partial charge in [-0.2, -0.15) is 5.26 Å². The van der Waals surface area contributed by atoms with Crippen molar-refractivity contribution in [3.8, 4) is 11.8 Å². The number of methoxy groups -OCH3 is 1. The van der Waals surface area contributed by atoms with Crippen LogP contribution in [0.25, 0.3) is 17.3 Å². The van der Waals surface area contributed by atoms with Crippen LogP contribution in [0.1, 0.15) is 36.7 Å². The van der Waals surface area contributed by atoms with E-state index in [4.69, 9.17) is 4.74 Å². The Bertz CT molecular complexity index is 1380. The van der Waals surface area contributed by atoms with Crippen LogP contribution in [0.4, 0.5) is 0 Å². The summed E-state index contributed by atoms with van der Waals surface area (Å²) in [6, 6.07) is 17.5. The SMILES string of the molecule is COC(=O)c1ccc(/C=c2\s/c(=C(\C#N)C(=O)C(C)(C)C)n(-c3ccccc3)c2=O)cc1. The molecule has 162 valence electrons. The second kappa shape index (κ2) is 9.16. The van der Waals surface area contributed by atoms with E-state index in [1.54, 1.807) is 75.4 Å². The van der Waals surface area contributed by atoms with Crippen molar-refractivity contribution in [1.29, 1.82) is 5.26 Å². The molecule has 0 saturated carbocycles. The molecule has 0 N–H and O–H groups in total. The number of nitriles is 1. The van der Waals surface area contributed by atoms with Gasteiger partial charge < -0.3 is 4.74 Å². The molecular weight excluding hydrogens is 424 g/mol. The van der Waals surface area contributed by atoms with Gasteiger partial charge in [0.05, 0.1) is 22.9 Å². The second-order valence-corrected chi connectivity index (χ2v) is 9.10. The maximum absolute atomic E-state index is 13.3. The molecule has 0 atom stereocenters. The average Bonchev–Trinajstić information content (AvgIpc) is 3.09. The van der Waals surface area contributed by atoms with Crippen molar-refractivity contribution in [2.75, 3.05) is 7.11 Å². The summed E-state index contributed by atoms with van der Waals surface area (Å²) in [5, 5.41) is 9.81. The molecule has 0 aliphatic rings. The van der Waals surface area contributed by atoms with E-state index in [-0.39, 0.29) is 16.9 Å². The molecule has 0 radical (unpaired) electrons. The van der Waals surface area contributed by atoms with Gasteiger partial charge in [-0.25, -0.2) is 4.79 Å². The predicted molar refractivity (Wildman–Crippen MR) is 124 cm³/mol. The maximum Gasteiger partial charge on any atom is 0.337 e. The van der Waals surface area contributed by atoms with Crippen molar-refractivity contribution in [2.24, 2.45) is 5.41 Å². The summed E-state index contributed by atoms with van der Waals surface area (Å²) in [6.07, 6.45) is 1.67. The second-order valence-electron chi connectivity index (χ2n) is 8.07. The predicted octanol–water partition coefficient (Wildman–Crippen LogP) is 2.80. The summed E-state index contributed by atoms with van der Waals surface area (Å²) in [4.78, 5) is 38.0. The molecule has 0 aliphatic heterocycles. The van der Waals surface area contributed by atoms with Crippen molar-refractivity contribution in [2.45, 2.75) is 20.8 Å². The third-order valence-electron chi connectivity index (χ3n) is 4.70. The molecule has 3 rings (SSSR count). The van der Waals surface area contributed by atoms with E-state index in [1.807, 2.05) is 12.1 Å². The fourth-order valence-corrected chi connectivity index (χ4v) is 4.12. The summed E-state index contributed by atoms with van der Waals surface area (Å²) < 4.78 is 6.77. The van der Waals surface area contributed by atoms with E-state index in [1.165, 1.54) is 11.7 Å². The Labute approximate surface area is 189 Å². The zero-order valence-electron chi connectivity index (χ0n) is 18.2. The van der Waals surface area contributed by atoms with Gasteiger partial charge in [-0.05, 0) is 35.9 Å². The number of hydrogen-bond acceptors (Lipinski definition) is 6. The van der Waals surface area contributed by atoms with Gasteiger partial charge in [0.1, 0.15) is 16.3 Å². The molecule has 3 aromatic rings. The Balaban J connectivity index is 2.32. The van der Waals surface area contributed by atoms with Crippen LogP contribution < -0.4 is 14.8 Å². The summed E-state index contributed by atoms with van der Waals surface area (Å²) >= 11 is 1.09.